The van der Waals surface area contributed by atoms with Crippen molar-refractivity contribution in [3.05, 3.63) is 16.1 Å². The van der Waals surface area contributed by atoms with E-state index >= 15 is 0 Å². The van der Waals surface area contributed by atoms with Gasteiger partial charge in [0, 0.05) is 51.3 Å². The van der Waals surface area contributed by atoms with Gasteiger partial charge < -0.3 is 10.1 Å². The van der Waals surface area contributed by atoms with Crippen LogP contribution in [0.15, 0.2) is 5.38 Å². The van der Waals surface area contributed by atoms with E-state index in [0.717, 1.165) is 50.6 Å². The maximum atomic E-state index is 12.4. The Hall–Kier alpha value is -1.02. The van der Waals surface area contributed by atoms with Crippen LogP contribution in [-0.4, -0.2) is 73.2 Å². The highest BCUT2D eigenvalue weighted by molar-refractivity contribution is 7.09. The molecule has 1 atom stereocenters. The predicted molar refractivity (Wildman–Crippen MR) is 104 cm³/mol. The standard InChI is InChI=1S/C19H32N4O2S/c1-15-21-17(14-26-15)13-22-9-5-18(6-10-22)23-8-3-4-16(12-23)19(24)20-7-11-25-2/h14,16,18H,3-13H2,1-2H3,(H,20,24). The lowest BCUT2D eigenvalue weighted by Crippen LogP contribution is -2.50. The molecule has 1 amide bonds. The van der Waals surface area contributed by atoms with Crippen molar-refractivity contribution in [1.82, 2.24) is 20.1 Å². The minimum Gasteiger partial charge on any atom is -0.383 e. The molecular weight excluding hydrogens is 348 g/mol. The number of rotatable bonds is 7. The molecule has 3 rings (SSSR count). The Bertz CT molecular complexity index is 572. The molecule has 0 radical (unpaired) electrons. The van der Waals surface area contributed by atoms with E-state index in [1.807, 2.05) is 0 Å². The Morgan fingerprint density at radius 2 is 2.15 bits per heavy atom. The van der Waals surface area contributed by atoms with E-state index in [9.17, 15) is 4.79 Å². The van der Waals surface area contributed by atoms with E-state index in [2.05, 4.69) is 32.4 Å². The van der Waals surface area contributed by atoms with Crippen molar-refractivity contribution in [2.24, 2.45) is 5.92 Å². The van der Waals surface area contributed by atoms with E-state index in [0.29, 0.717) is 19.2 Å². The number of methoxy groups -OCH3 is 1. The predicted octanol–water partition coefficient (Wildman–Crippen LogP) is 1.89. The summed E-state index contributed by atoms with van der Waals surface area (Å²) in [5.41, 5.74) is 1.21. The third kappa shape index (κ3) is 5.49. The number of aromatic nitrogens is 1. The van der Waals surface area contributed by atoms with Gasteiger partial charge >= 0.3 is 0 Å². The molecule has 2 aliphatic rings. The van der Waals surface area contributed by atoms with Crippen molar-refractivity contribution in [3.8, 4) is 0 Å². The molecule has 0 aliphatic carbocycles. The second kappa shape index (κ2) is 9.78. The summed E-state index contributed by atoms with van der Waals surface area (Å²) < 4.78 is 5.02. The average molecular weight is 381 g/mol. The minimum absolute atomic E-state index is 0.136. The van der Waals surface area contributed by atoms with E-state index in [1.165, 1.54) is 18.5 Å². The number of piperidine rings is 2. The van der Waals surface area contributed by atoms with Gasteiger partial charge in [-0.05, 0) is 39.2 Å². The highest BCUT2D eigenvalue weighted by Crippen LogP contribution is 2.25. The van der Waals surface area contributed by atoms with Gasteiger partial charge in [0.1, 0.15) is 0 Å². The minimum atomic E-state index is 0.136. The van der Waals surface area contributed by atoms with Crippen LogP contribution in [-0.2, 0) is 16.1 Å². The number of aryl methyl sites for hydroxylation is 1. The molecule has 1 aromatic heterocycles. The van der Waals surface area contributed by atoms with Gasteiger partial charge in [0.2, 0.25) is 5.91 Å². The van der Waals surface area contributed by atoms with Crippen LogP contribution in [0, 0.1) is 12.8 Å². The van der Waals surface area contributed by atoms with Crippen molar-refractivity contribution >= 4 is 17.2 Å². The van der Waals surface area contributed by atoms with Crippen molar-refractivity contribution in [2.45, 2.75) is 45.2 Å². The molecule has 26 heavy (non-hydrogen) atoms. The van der Waals surface area contributed by atoms with E-state index in [-0.39, 0.29) is 11.8 Å². The second-order valence-electron chi connectivity index (χ2n) is 7.48. The first-order valence-electron chi connectivity index (χ1n) is 9.79. The Morgan fingerprint density at radius 3 is 2.85 bits per heavy atom. The van der Waals surface area contributed by atoms with Crippen LogP contribution in [0.4, 0.5) is 0 Å². The largest absolute Gasteiger partial charge is 0.383 e. The molecule has 0 spiro atoms. The average Bonchev–Trinajstić information content (AvgIpc) is 3.07. The molecule has 3 heterocycles. The smallest absolute Gasteiger partial charge is 0.224 e. The third-order valence-corrected chi connectivity index (χ3v) is 6.38. The summed E-state index contributed by atoms with van der Waals surface area (Å²) in [6.45, 7) is 8.54. The lowest BCUT2D eigenvalue weighted by Gasteiger charge is -2.42. The quantitative estimate of drug-likeness (QED) is 0.732. The number of carbonyl (C=O) groups is 1. The van der Waals surface area contributed by atoms with Crippen LogP contribution in [0.1, 0.15) is 36.4 Å². The molecule has 2 aliphatic heterocycles. The Balaban J connectivity index is 1.42. The maximum absolute atomic E-state index is 12.4. The highest BCUT2D eigenvalue weighted by atomic mass is 32.1. The van der Waals surface area contributed by atoms with Gasteiger partial charge in [-0.1, -0.05) is 0 Å². The molecule has 7 heteroatoms. The van der Waals surface area contributed by atoms with E-state index < -0.39 is 0 Å². The fourth-order valence-electron chi connectivity index (χ4n) is 4.13. The summed E-state index contributed by atoms with van der Waals surface area (Å²) in [6.07, 6.45) is 4.53. The number of hydrogen-bond acceptors (Lipinski definition) is 6. The molecule has 2 saturated heterocycles. The molecule has 146 valence electrons. The third-order valence-electron chi connectivity index (χ3n) is 5.55. The van der Waals surface area contributed by atoms with Gasteiger partial charge in [0.25, 0.3) is 0 Å². The first kappa shape index (κ1) is 19.7. The first-order chi connectivity index (χ1) is 12.7. The molecule has 1 unspecified atom stereocenters. The normalized spacial score (nSPS) is 23.2. The molecule has 2 fully saturated rings. The summed E-state index contributed by atoms with van der Waals surface area (Å²) in [5, 5.41) is 6.34. The summed E-state index contributed by atoms with van der Waals surface area (Å²) in [5.74, 6) is 0.333. The molecule has 1 aromatic rings. The fourth-order valence-corrected chi connectivity index (χ4v) is 4.73. The van der Waals surface area contributed by atoms with Crippen molar-refractivity contribution in [3.63, 3.8) is 0 Å². The van der Waals surface area contributed by atoms with Gasteiger partial charge in [-0.2, -0.15) is 0 Å². The second-order valence-corrected chi connectivity index (χ2v) is 8.55. The van der Waals surface area contributed by atoms with Gasteiger partial charge in [-0.25, -0.2) is 4.98 Å². The van der Waals surface area contributed by atoms with Crippen molar-refractivity contribution in [1.29, 1.82) is 0 Å². The monoisotopic (exact) mass is 380 g/mol. The lowest BCUT2D eigenvalue weighted by molar-refractivity contribution is -0.127. The summed E-state index contributed by atoms with van der Waals surface area (Å²) in [4.78, 5) is 22.0. The lowest BCUT2D eigenvalue weighted by atomic mass is 9.93. The van der Waals surface area contributed by atoms with Crippen LogP contribution in [0.3, 0.4) is 0 Å². The van der Waals surface area contributed by atoms with Crippen LogP contribution >= 0.6 is 11.3 Å². The van der Waals surface area contributed by atoms with Crippen molar-refractivity contribution < 1.29 is 9.53 Å². The number of carbonyl (C=O) groups excluding carboxylic acids is 1. The van der Waals surface area contributed by atoms with Crippen LogP contribution in [0.2, 0.25) is 0 Å². The first-order valence-corrected chi connectivity index (χ1v) is 10.7. The van der Waals surface area contributed by atoms with Gasteiger partial charge in [-0.3, -0.25) is 14.6 Å². The molecular formula is C19H32N4O2S. The highest BCUT2D eigenvalue weighted by Gasteiger charge is 2.31. The Kier molecular flexibility index (Phi) is 7.42. The molecule has 0 bridgehead atoms. The van der Waals surface area contributed by atoms with E-state index in [4.69, 9.17) is 4.74 Å². The van der Waals surface area contributed by atoms with Gasteiger partial charge in [0.15, 0.2) is 0 Å². The number of likely N-dealkylation sites (tertiary alicyclic amines) is 2. The Morgan fingerprint density at radius 1 is 1.35 bits per heavy atom. The zero-order valence-electron chi connectivity index (χ0n) is 16.1. The number of thiazole rings is 1. The van der Waals surface area contributed by atoms with Gasteiger partial charge in [-0.15, -0.1) is 11.3 Å². The fraction of sp³-hybridized carbons (Fsp3) is 0.789. The zero-order valence-corrected chi connectivity index (χ0v) is 16.9. The number of nitrogens with zero attached hydrogens (tertiary/aromatic N) is 3. The van der Waals surface area contributed by atoms with Crippen LogP contribution < -0.4 is 5.32 Å². The topological polar surface area (TPSA) is 57.7 Å². The molecule has 0 saturated carbocycles. The number of hydrogen-bond donors (Lipinski definition) is 1. The summed E-state index contributed by atoms with van der Waals surface area (Å²) in [6, 6.07) is 0.623. The number of ether oxygens (including phenoxy) is 1. The number of amides is 1. The molecule has 1 N–H and O–H groups in total. The van der Waals surface area contributed by atoms with E-state index in [1.54, 1.807) is 18.4 Å². The maximum Gasteiger partial charge on any atom is 0.224 e. The van der Waals surface area contributed by atoms with Crippen LogP contribution in [0.5, 0.6) is 0 Å². The van der Waals surface area contributed by atoms with Gasteiger partial charge in [0.05, 0.1) is 23.2 Å². The van der Waals surface area contributed by atoms with Crippen molar-refractivity contribution in [2.75, 3.05) is 46.4 Å². The Labute approximate surface area is 160 Å². The number of nitrogens with one attached hydrogen (secondary N) is 1. The zero-order chi connectivity index (χ0) is 18.4. The molecule has 6 nitrogen and oxygen atoms in total. The summed E-state index contributed by atoms with van der Waals surface area (Å²) in [7, 11) is 1.66. The molecule has 0 aromatic carbocycles. The SMILES string of the molecule is COCCNC(=O)C1CCCN(C2CCN(Cc3csc(C)n3)CC2)C1. The van der Waals surface area contributed by atoms with Crippen LogP contribution in [0.25, 0.3) is 0 Å². The summed E-state index contributed by atoms with van der Waals surface area (Å²) >= 11 is 1.73.